The monoisotopic (exact) mass is 250 g/mol. The van der Waals surface area contributed by atoms with Crippen molar-refractivity contribution in [2.75, 3.05) is 53.9 Å². The standard InChI is InChI=1S/C11H22O6/c1-13-7-9-15-5-3-4-6-16-11(12)17-10-8-14-2/h3-10H2,1-2H3. The van der Waals surface area contributed by atoms with Gasteiger partial charge >= 0.3 is 6.16 Å². The number of methoxy groups -OCH3 is 2. The fourth-order valence-corrected chi connectivity index (χ4v) is 0.956. The van der Waals surface area contributed by atoms with Gasteiger partial charge in [0.2, 0.25) is 0 Å². The van der Waals surface area contributed by atoms with Gasteiger partial charge in [-0.05, 0) is 12.8 Å². The third-order valence-corrected chi connectivity index (χ3v) is 1.84. The Bertz CT molecular complexity index is 173. The minimum absolute atomic E-state index is 0.218. The van der Waals surface area contributed by atoms with E-state index in [4.69, 9.17) is 23.7 Å². The van der Waals surface area contributed by atoms with Crippen molar-refractivity contribution in [3.63, 3.8) is 0 Å². The van der Waals surface area contributed by atoms with E-state index in [0.29, 0.717) is 33.0 Å². The van der Waals surface area contributed by atoms with Gasteiger partial charge in [-0.15, -0.1) is 0 Å². The molecule has 6 nitrogen and oxygen atoms in total. The molecule has 0 aromatic carbocycles. The highest BCUT2D eigenvalue weighted by atomic mass is 16.7. The lowest BCUT2D eigenvalue weighted by Gasteiger charge is -2.06. The van der Waals surface area contributed by atoms with E-state index in [1.54, 1.807) is 7.11 Å². The molecule has 6 heteroatoms. The summed E-state index contributed by atoms with van der Waals surface area (Å²) in [5.74, 6) is 0. The van der Waals surface area contributed by atoms with E-state index in [0.717, 1.165) is 12.8 Å². The number of unbranched alkanes of at least 4 members (excludes halogenated alkanes) is 1. The third-order valence-electron chi connectivity index (χ3n) is 1.84. The first-order valence-corrected chi connectivity index (χ1v) is 5.66. The van der Waals surface area contributed by atoms with Crippen LogP contribution in [0, 0.1) is 0 Å². The summed E-state index contributed by atoms with van der Waals surface area (Å²) in [5, 5.41) is 0. The number of carbonyl (C=O) groups is 1. The molecule has 0 heterocycles. The molecule has 0 spiro atoms. The van der Waals surface area contributed by atoms with Gasteiger partial charge in [0.15, 0.2) is 0 Å². The van der Waals surface area contributed by atoms with Crippen molar-refractivity contribution in [2.45, 2.75) is 12.8 Å². The van der Waals surface area contributed by atoms with Crippen LogP contribution in [0.2, 0.25) is 0 Å². The van der Waals surface area contributed by atoms with Gasteiger partial charge in [0.05, 0.1) is 26.4 Å². The summed E-state index contributed by atoms with van der Waals surface area (Å²) in [4.78, 5) is 10.9. The minimum Gasteiger partial charge on any atom is -0.434 e. The van der Waals surface area contributed by atoms with Crippen LogP contribution >= 0.6 is 0 Å². The Morgan fingerprint density at radius 2 is 1.35 bits per heavy atom. The maximum atomic E-state index is 10.9. The van der Waals surface area contributed by atoms with E-state index in [9.17, 15) is 4.79 Å². The van der Waals surface area contributed by atoms with Crippen LogP contribution < -0.4 is 0 Å². The Hall–Kier alpha value is -0.850. The van der Waals surface area contributed by atoms with Gasteiger partial charge in [-0.25, -0.2) is 4.79 Å². The van der Waals surface area contributed by atoms with Crippen LogP contribution in [0.5, 0.6) is 0 Å². The van der Waals surface area contributed by atoms with Crippen LogP contribution in [0.25, 0.3) is 0 Å². The summed E-state index contributed by atoms with van der Waals surface area (Å²) in [6.07, 6.45) is 0.948. The molecule has 0 aliphatic carbocycles. The molecule has 0 bridgehead atoms. The van der Waals surface area contributed by atoms with Crippen molar-refractivity contribution in [1.29, 1.82) is 0 Å². The molecule has 0 aliphatic rings. The molecule has 0 aromatic rings. The fraction of sp³-hybridized carbons (Fsp3) is 0.909. The van der Waals surface area contributed by atoms with Crippen molar-refractivity contribution in [3.8, 4) is 0 Å². The zero-order valence-electron chi connectivity index (χ0n) is 10.6. The average Bonchev–Trinajstić information content (AvgIpc) is 2.33. The molecule has 0 fully saturated rings. The molecule has 17 heavy (non-hydrogen) atoms. The maximum absolute atomic E-state index is 10.9. The Labute approximate surface area is 102 Å². The highest BCUT2D eigenvalue weighted by molar-refractivity contribution is 5.59. The number of hydrogen-bond acceptors (Lipinski definition) is 6. The molecule has 0 amide bonds. The molecule has 0 aromatic heterocycles. The van der Waals surface area contributed by atoms with Crippen LogP contribution in [0.1, 0.15) is 12.8 Å². The van der Waals surface area contributed by atoms with E-state index in [2.05, 4.69) is 0 Å². The summed E-state index contributed by atoms with van der Waals surface area (Å²) >= 11 is 0. The first kappa shape index (κ1) is 16.1. The normalized spacial score (nSPS) is 10.2. The van der Waals surface area contributed by atoms with Gasteiger partial charge < -0.3 is 23.7 Å². The quantitative estimate of drug-likeness (QED) is 0.406. The van der Waals surface area contributed by atoms with E-state index < -0.39 is 6.16 Å². The van der Waals surface area contributed by atoms with Gasteiger partial charge in [-0.1, -0.05) is 0 Å². The van der Waals surface area contributed by atoms with Crippen molar-refractivity contribution < 1.29 is 28.5 Å². The van der Waals surface area contributed by atoms with Gasteiger partial charge in [-0.2, -0.15) is 0 Å². The van der Waals surface area contributed by atoms with Gasteiger partial charge in [0.25, 0.3) is 0 Å². The lowest BCUT2D eigenvalue weighted by Crippen LogP contribution is -2.12. The van der Waals surface area contributed by atoms with Crippen LogP contribution in [0.4, 0.5) is 4.79 Å². The van der Waals surface area contributed by atoms with Gasteiger partial charge in [0.1, 0.15) is 6.61 Å². The first-order valence-electron chi connectivity index (χ1n) is 5.66. The topological polar surface area (TPSA) is 63.2 Å². The Morgan fingerprint density at radius 1 is 0.765 bits per heavy atom. The van der Waals surface area contributed by atoms with Crippen molar-refractivity contribution in [2.24, 2.45) is 0 Å². The molecule has 0 saturated carbocycles. The third kappa shape index (κ3) is 13.1. The number of carbonyl (C=O) groups excluding carboxylic acids is 1. The van der Waals surface area contributed by atoms with Crippen LogP contribution in [0.3, 0.4) is 0 Å². The van der Waals surface area contributed by atoms with Crippen LogP contribution in [-0.2, 0) is 23.7 Å². The van der Waals surface area contributed by atoms with E-state index >= 15 is 0 Å². The largest absolute Gasteiger partial charge is 0.508 e. The Morgan fingerprint density at radius 3 is 2.06 bits per heavy atom. The second kappa shape index (κ2) is 13.2. The average molecular weight is 250 g/mol. The molecule has 102 valence electrons. The summed E-state index contributed by atoms with van der Waals surface area (Å²) in [5.41, 5.74) is 0. The second-order valence-electron chi connectivity index (χ2n) is 3.25. The van der Waals surface area contributed by atoms with Crippen molar-refractivity contribution in [3.05, 3.63) is 0 Å². The highest BCUT2D eigenvalue weighted by Crippen LogP contribution is 1.94. The Balaban J connectivity index is 3.08. The molecule has 0 aliphatic heterocycles. The fourth-order valence-electron chi connectivity index (χ4n) is 0.956. The molecule has 0 radical (unpaired) electrons. The minimum atomic E-state index is -0.651. The van der Waals surface area contributed by atoms with Crippen molar-refractivity contribution in [1.82, 2.24) is 0 Å². The number of ether oxygens (including phenoxy) is 5. The maximum Gasteiger partial charge on any atom is 0.508 e. The van der Waals surface area contributed by atoms with E-state index in [1.165, 1.54) is 7.11 Å². The first-order chi connectivity index (χ1) is 8.31. The van der Waals surface area contributed by atoms with Crippen LogP contribution in [0.15, 0.2) is 0 Å². The molecule has 0 saturated heterocycles. The zero-order valence-corrected chi connectivity index (χ0v) is 10.6. The SMILES string of the molecule is COCCOCCCCOC(=O)OCCOC. The van der Waals surface area contributed by atoms with Gasteiger partial charge in [-0.3, -0.25) is 0 Å². The lowest BCUT2D eigenvalue weighted by atomic mass is 10.3. The summed E-state index contributed by atoms with van der Waals surface area (Å²) in [7, 11) is 3.17. The summed E-state index contributed by atoms with van der Waals surface area (Å²) in [6, 6.07) is 0. The van der Waals surface area contributed by atoms with Crippen molar-refractivity contribution >= 4 is 6.16 Å². The summed E-state index contributed by atoms with van der Waals surface area (Å²) in [6.45, 7) is 2.78. The predicted octanol–water partition coefficient (Wildman–Crippen LogP) is 1.23. The summed E-state index contributed by atoms with van der Waals surface area (Å²) < 4.78 is 24.3. The highest BCUT2D eigenvalue weighted by Gasteiger charge is 2.02. The molecule has 0 atom stereocenters. The molecule has 0 rings (SSSR count). The molecular formula is C11H22O6. The molecular weight excluding hydrogens is 228 g/mol. The van der Waals surface area contributed by atoms with Gasteiger partial charge in [0, 0.05) is 20.8 Å². The smallest absolute Gasteiger partial charge is 0.434 e. The van der Waals surface area contributed by atoms with Crippen LogP contribution in [-0.4, -0.2) is 60.0 Å². The zero-order chi connectivity index (χ0) is 12.8. The lowest BCUT2D eigenvalue weighted by molar-refractivity contribution is 0.0325. The van der Waals surface area contributed by atoms with E-state index in [-0.39, 0.29) is 6.61 Å². The van der Waals surface area contributed by atoms with E-state index in [1.807, 2.05) is 0 Å². The molecule has 0 unspecified atom stereocenters. The number of rotatable bonds is 11. The predicted molar refractivity (Wildman–Crippen MR) is 61.1 cm³/mol. The second-order valence-corrected chi connectivity index (χ2v) is 3.25. The molecule has 0 N–H and O–H groups in total. The number of hydrogen-bond donors (Lipinski definition) is 0. The Kier molecular flexibility index (Phi) is 12.6.